The highest BCUT2D eigenvalue weighted by atomic mass is 16.5. The van der Waals surface area contributed by atoms with Crippen molar-refractivity contribution >= 4 is 23.5 Å². The standard InChI is InChI=1S/C17H24N6O4/c1-12-8-14(20-26-12)18-16(24)10-22-4-3-5-23(7-6-22)11-17(25)19-15-9-13(2)27-21-15/h8-9H,3-7,10-11H2,1-2H3,(H,18,20,24)(H,19,21,25). The van der Waals surface area contributed by atoms with Crippen molar-refractivity contribution in [1.82, 2.24) is 20.1 Å². The van der Waals surface area contributed by atoms with Crippen molar-refractivity contribution in [1.29, 1.82) is 0 Å². The third-order valence-electron chi connectivity index (χ3n) is 4.21. The van der Waals surface area contributed by atoms with Crippen molar-refractivity contribution in [3.05, 3.63) is 23.7 Å². The first kappa shape index (κ1) is 19.1. The molecule has 0 radical (unpaired) electrons. The first-order valence-electron chi connectivity index (χ1n) is 8.89. The molecular weight excluding hydrogens is 352 g/mol. The molecule has 1 fully saturated rings. The number of carbonyl (C=O) groups is 2. The van der Waals surface area contributed by atoms with E-state index in [0.29, 0.717) is 36.2 Å². The lowest BCUT2D eigenvalue weighted by atomic mass is 10.3. The zero-order chi connectivity index (χ0) is 19.2. The smallest absolute Gasteiger partial charge is 0.239 e. The highest BCUT2D eigenvalue weighted by molar-refractivity contribution is 5.91. The Kier molecular flexibility index (Phi) is 6.20. The molecule has 1 aliphatic rings. The Labute approximate surface area is 156 Å². The minimum atomic E-state index is -0.129. The monoisotopic (exact) mass is 376 g/mol. The second-order valence-electron chi connectivity index (χ2n) is 6.65. The van der Waals surface area contributed by atoms with Crippen LogP contribution in [0.25, 0.3) is 0 Å². The van der Waals surface area contributed by atoms with E-state index in [0.717, 1.165) is 19.5 Å². The highest BCUT2D eigenvalue weighted by Gasteiger charge is 2.19. The number of anilines is 2. The first-order chi connectivity index (χ1) is 13.0. The van der Waals surface area contributed by atoms with E-state index in [2.05, 4.69) is 30.7 Å². The number of amides is 2. The van der Waals surface area contributed by atoms with Crippen LogP contribution in [0.3, 0.4) is 0 Å². The maximum Gasteiger partial charge on any atom is 0.239 e. The van der Waals surface area contributed by atoms with Crippen LogP contribution in [0.5, 0.6) is 0 Å². The zero-order valence-electron chi connectivity index (χ0n) is 15.5. The molecule has 3 heterocycles. The predicted molar refractivity (Wildman–Crippen MR) is 97.2 cm³/mol. The number of nitrogens with one attached hydrogen (secondary N) is 2. The maximum atomic E-state index is 12.1. The van der Waals surface area contributed by atoms with Gasteiger partial charge in [-0.1, -0.05) is 10.3 Å². The molecule has 3 rings (SSSR count). The van der Waals surface area contributed by atoms with Gasteiger partial charge in [-0.3, -0.25) is 19.4 Å². The highest BCUT2D eigenvalue weighted by Crippen LogP contribution is 2.09. The molecule has 0 unspecified atom stereocenters. The average molecular weight is 376 g/mol. The predicted octanol–water partition coefficient (Wildman–Crippen LogP) is 0.864. The lowest BCUT2D eigenvalue weighted by Crippen LogP contribution is -2.38. The molecule has 0 spiro atoms. The van der Waals surface area contributed by atoms with E-state index in [-0.39, 0.29) is 24.9 Å². The largest absolute Gasteiger partial charge is 0.360 e. The van der Waals surface area contributed by atoms with Gasteiger partial charge in [0.1, 0.15) is 11.5 Å². The topological polar surface area (TPSA) is 117 Å². The van der Waals surface area contributed by atoms with Gasteiger partial charge in [-0.25, -0.2) is 0 Å². The normalized spacial score (nSPS) is 16.1. The quantitative estimate of drug-likeness (QED) is 0.763. The van der Waals surface area contributed by atoms with E-state index in [1.54, 1.807) is 26.0 Å². The number of hydrogen-bond acceptors (Lipinski definition) is 8. The van der Waals surface area contributed by atoms with Crippen molar-refractivity contribution < 1.29 is 18.6 Å². The fourth-order valence-electron chi connectivity index (χ4n) is 2.96. The number of rotatable bonds is 6. The molecule has 2 N–H and O–H groups in total. The molecule has 27 heavy (non-hydrogen) atoms. The fourth-order valence-corrected chi connectivity index (χ4v) is 2.96. The second kappa shape index (κ2) is 8.78. The van der Waals surface area contributed by atoms with Gasteiger partial charge < -0.3 is 19.7 Å². The number of aryl methyl sites for hydroxylation is 2. The van der Waals surface area contributed by atoms with E-state index < -0.39 is 0 Å². The van der Waals surface area contributed by atoms with Crippen LogP contribution in [0, 0.1) is 13.8 Å². The Morgan fingerprint density at radius 1 is 0.889 bits per heavy atom. The molecule has 10 heteroatoms. The van der Waals surface area contributed by atoms with Crippen LogP contribution in [0.15, 0.2) is 21.2 Å². The van der Waals surface area contributed by atoms with Crippen LogP contribution < -0.4 is 10.6 Å². The molecule has 2 aromatic heterocycles. The third kappa shape index (κ3) is 5.90. The summed E-state index contributed by atoms with van der Waals surface area (Å²) in [7, 11) is 0. The summed E-state index contributed by atoms with van der Waals surface area (Å²) in [5.41, 5.74) is 0. The van der Waals surface area contributed by atoms with Gasteiger partial charge in [0.05, 0.1) is 13.1 Å². The number of nitrogens with zero attached hydrogens (tertiary/aromatic N) is 4. The van der Waals surface area contributed by atoms with Crippen LogP contribution in [0.4, 0.5) is 11.6 Å². The fraction of sp³-hybridized carbons (Fsp3) is 0.529. The van der Waals surface area contributed by atoms with E-state index >= 15 is 0 Å². The Balaban J connectivity index is 1.41. The summed E-state index contributed by atoms with van der Waals surface area (Å²) in [5.74, 6) is 1.89. The van der Waals surface area contributed by atoms with Crippen molar-refractivity contribution in [3.8, 4) is 0 Å². The number of carbonyl (C=O) groups excluding carboxylic acids is 2. The van der Waals surface area contributed by atoms with Gasteiger partial charge in [0.15, 0.2) is 11.6 Å². The Morgan fingerprint density at radius 3 is 1.70 bits per heavy atom. The van der Waals surface area contributed by atoms with Crippen molar-refractivity contribution in [2.75, 3.05) is 49.9 Å². The van der Waals surface area contributed by atoms with Gasteiger partial charge in [-0.05, 0) is 33.4 Å². The minimum absolute atomic E-state index is 0.129. The molecule has 0 saturated carbocycles. The molecule has 0 aromatic carbocycles. The molecule has 0 bridgehead atoms. The Bertz CT molecular complexity index is 722. The Hall–Kier alpha value is -2.72. The van der Waals surface area contributed by atoms with Crippen molar-refractivity contribution in [3.63, 3.8) is 0 Å². The van der Waals surface area contributed by atoms with E-state index in [1.807, 2.05) is 0 Å². The van der Waals surface area contributed by atoms with Crippen molar-refractivity contribution in [2.45, 2.75) is 20.3 Å². The van der Waals surface area contributed by atoms with E-state index in [4.69, 9.17) is 9.05 Å². The summed E-state index contributed by atoms with van der Waals surface area (Å²) in [6.07, 6.45) is 0.882. The van der Waals surface area contributed by atoms with Crippen molar-refractivity contribution in [2.24, 2.45) is 0 Å². The molecule has 1 aliphatic heterocycles. The molecule has 10 nitrogen and oxygen atoms in total. The van der Waals surface area contributed by atoms with Gasteiger partial charge in [0.2, 0.25) is 11.8 Å². The van der Waals surface area contributed by atoms with Crippen LogP contribution >= 0.6 is 0 Å². The summed E-state index contributed by atoms with van der Waals surface area (Å²) in [6, 6.07) is 3.36. The minimum Gasteiger partial charge on any atom is -0.360 e. The summed E-state index contributed by atoms with van der Waals surface area (Å²) < 4.78 is 9.87. The van der Waals surface area contributed by atoms with E-state index in [1.165, 1.54) is 0 Å². The van der Waals surface area contributed by atoms with Gasteiger partial charge in [-0.2, -0.15) is 0 Å². The summed E-state index contributed by atoms with van der Waals surface area (Å²) in [5, 5.41) is 13.0. The van der Waals surface area contributed by atoms with Crippen LogP contribution in [-0.4, -0.2) is 71.2 Å². The molecule has 2 aromatic rings. The molecular formula is C17H24N6O4. The number of hydrogen-bond donors (Lipinski definition) is 2. The summed E-state index contributed by atoms with van der Waals surface area (Å²) in [4.78, 5) is 28.4. The number of aromatic nitrogens is 2. The molecule has 0 aliphatic carbocycles. The average Bonchev–Trinajstić information content (AvgIpc) is 3.12. The van der Waals surface area contributed by atoms with Gasteiger partial charge in [0.25, 0.3) is 0 Å². The van der Waals surface area contributed by atoms with Gasteiger partial charge in [0, 0.05) is 25.2 Å². The van der Waals surface area contributed by atoms with Crippen LogP contribution in [-0.2, 0) is 9.59 Å². The Morgan fingerprint density at radius 2 is 1.33 bits per heavy atom. The maximum absolute atomic E-state index is 12.1. The first-order valence-corrected chi connectivity index (χ1v) is 8.89. The SMILES string of the molecule is Cc1cc(NC(=O)CN2CCCN(CC(=O)Nc3cc(C)on3)CC2)no1. The third-order valence-corrected chi connectivity index (χ3v) is 4.21. The molecule has 2 amide bonds. The summed E-state index contributed by atoms with van der Waals surface area (Å²) in [6.45, 7) is 7.12. The van der Waals surface area contributed by atoms with Crippen LogP contribution in [0.1, 0.15) is 17.9 Å². The second-order valence-corrected chi connectivity index (χ2v) is 6.65. The van der Waals surface area contributed by atoms with Gasteiger partial charge >= 0.3 is 0 Å². The van der Waals surface area contributed by atoms with Crippen LogP contribution in [0.2, 0.25) is 0 Å². The zero-order valence-corrected chi connectivity index (χ0v) is 15.5. The lowest BCUT2D eigenvalue weighted by Gasteiger charge is -2.20. The molecule has 0 atom stereocenters. The summed E-state index contributed by atoms with van der Waals surface area (Å²) >= 11 is 0. The molecule has 146 valence electrons. The molecule has 1 saturated heterocycles. The van der Waals surface area contributed by atoms with E-state index in [9.17, 15) is 9.59 Å². The lowest BCUT2D eigenvalue weighted by molar-refractivity contribution is -0.118. The van der Waals surface area contributed by atoms with Gasteiger partial charge in [-0.15, -0.1) is 0 Å².